The van der Waals surface area contributed by atoms with Crippen LogP contribution in [0.5, 0.6) is 0 Å². The summed E-state index contributed by atoms with van der Waals surface area (Å²) in [6.07, 6.45) is 3.44. The zero-order chi connectivity index (χ0) is 17.4. The molecule has 1 amide bonds. The topological polar surface area (TPSA) is 55.8 Å². The van der Waals surface area contributed by atoms with Gasteiger partial charge in [-0.3, -0.25) is 4.79 Å². The second kappa shape index (κ2) is 6.17. The number of rotatable bonds is 3. The van der Waals surface area contributed by atoms with Crippen LogP contribution in [0.15, 0.2) is 12.2 Å². The summed E-state index contributed by atoms with van der Waals surface area (Å²) in [6.45, 7) is 11.5. The van der Waals surface area contributed by atoms with Gasteiger partial charge in [0.05, 0.1) is 12.5 Å². The molecule has 2 heterocycles. The van der Waals surface area contributed by atoms with Crippen LogP contribution in [0.3, 0.4) is 0 Å². The van der Waals surface area contributed by atoms with Gasteiger partial charge in [0.25, 0.3) is 0 Å². The predicted molar refractivity (Wildman–Crippen MR) is 88.0 cm³/mol. The number of nitrogens with zero attached hydrogens (tertiary/aromatic N) is 1. The van der Waals surface area contributed by atoms with E-state index in [2.05, 4.69) is 6.58 Å². The smallest absolute Gasteiger partial charge is 0.410 e. The Morgan fingerprint density at radius 2 is 1.74 bits per heavy atom. The monoisotopic (exact) mass is 323 g/mol. The first-order valence-electron chi connectivity index (χ1n) is 8.32. The molecule has 0 saturated carbocycles. The van der Waals surface area contributed by atoms with Gasteiger partial charge in [-0.2, -0.15) is 0 Å². The summed E-state index contributed by atoms with van der Waals surface area (Å²) in [4.78, 5) is 26.8. The Bertz CT molecular complexity index is 492. The summed E-state index contributed by atoms with van der Waals surface area (Å²) in [5, 5.41) is 0. The largest absolute Gasteiger partial charge is 0.469 e. The maximum Gasteiger partial charge on any atom is 0.410 e. The third kappa shape index (κ3) is 3.70. The Kier molecular flexibility index (Phi) is 4.79. The Balaban J connectivity index is 2.21. The summed E-state index contributed by atoms with van der Waals surface area (Å²) in [7, 11) is 1.44. The summed E-state index contributed by atoms with van der Waals surface area (Å²) in [6, 6.07) is 0.0871. The molecular formula is C18H29NO4. The average molecular weight is 323 g/mol. The fourth-order valence-electron chi connectivity index (χ4n) is 4.14. The van der Waals surface area contributed by atoms with Crippen LogP contribution in [0, 0.1) is 5.41 Å². The fourth-order valence-corrected chi connectivity index (χ4v) is 4.14. The molecule has 0 N–H and O–H groups in total. The van der Waals surface area contributed by atoms with Gasteiger partial charge < -0.3 is 14.4 Å². The molecule has 2 rings (SSSR count). The van der Waals surface area contributed by atoms with E-state index in [4.69, 9.17) is 9.47 Å². The van der Waals surface area contributed by atoms with E-state index in [1.54, 1.807) is 0 Å². The molecule has 2 fully saturated rings. The molecule has 0 aromatic rings. The third-order valence-corrected chi connectivity index (χ3v) is 4.74. The van der Waals surface area contributed by atoms with E-state index < -0.39 is 11.0 Å². The van der Waals surface area contributed by atoms with Gasteiger partial charge in [0.2, 0.25) is 0 Å². The molecule has 130 valence electrons. The van der Waals surface area contributed by atoms with Crippen LogP contribution in [-0.4, -0.2) is 41.8 Å². The molecule has 2 aliphatic heterocycles. The summed E-state index contributed by atoms with van der Waals surface area (Å²) in [5.74, 6) is -0.179. The van der Waals surface area contributed by atoms with Crippen molar-refractivity contribution in [3.63, 3.8) is 0 Å². The second-order valence-corrected chi connectivity index (χ2v) is 8.09. The molecule has 2 aliphatic rings. The molecule has 3 atom stereocenters. The lowest BCUT2D eigenvalue weighted by atomic mass is 9.71. The maximum atomic E-state index is 12.5. The van der Waals surface area contributed by atoms with E-state index >= 15 is 0 Å². The van der Waals surface area contributed by atoms with Crippen LogP contribution in [0.25, 0.3) is 0 Å². The SMILES string of the molecule is C=C(C)CC1(C(=O)OC)C[C@H]2CC[C@@H](C1)N2C(=O)OC(C)(C)C. The highest BCUT2D eigenvalue weighted by Crippen LogP contribution is 2.49. The minimum absolute atomic E-state index is 0.0436. The Morgan fingerprint density at radius 3 is 2.13 bits per heavy atom. The molecule has 0 spiro atoms. The van der Waals surface area contributed by atoms with Gasteiger partial charge in [-0.1, -0.05) is 5.57 Å². The Labute approximate surface area is 139 Å². The van der Waals surface area contributed by atoms with Crippen molar-refractivity contribution in [1.82, 2.24) is 4.90 Å². The highest BCUT2D eigenvalue weighted by molar-refractivity contribution is 5.78. The summed E-state index contributed by atoms with van der Waals surface area (Å²) >= 11 is 0. The standard InChI is InChI=1S/C18H29NO4/c1-12(2)9-18(15(20)22-6)10-13-7-8-14(11-18)19(13)16(21)23-17(3,4)5/h13-14H,1,7-11H2,2-6H3/t13-,14+,18?. The molecule has 0 aromatic heterocycles. The number of methoxy groups -OCH3 is 1. The fraction of sp³-hybridized carbons (Fsp3) is 0.778. The maximum absolute atomic E-state index is 12.5. The minimum atomic E-state index is -0.551. The second-order valence-electron chi connectivity index (χ2n) is 8.09. The highest BCUT2D eigenvalue weighted by Gasteiger charge is 2.54. The number of carbonyl (C=O) groups is 2. The van der Waals surface area contributed by atoms with Crippen LogP contribution in [0.2, 0.25) is 0 Å². The van der Waals surface area contributed by atoms with E-state index in [1.807, 2.05) is 32.6 Å². The summed E-state index contributed by atoms with van der Waals surface area (Å²) in [5.41, 5.74) is -0.0868. The van der Waals surface area contributed by atoms with Gasteiger partial charge in [0, 0.05) is 12.1 Å². The number of fused-ring (bicyclic) bond motifs is 2. The van der Waals surface area contributed by atoms with Crippen LogP contribution >= 0.6 is 0 Å². The van der Waals surface area contributed by atoms with Crippen molar-refractivity contribution in [3.05, 3.63) is 12.2 Å². The molecule has 0 aromatic carbocycles. The first kappa shape index (κ1) is 17.8. The number of amides is 1. The molecule has 0 aliphatic carbocycles. The van der Waals surface area contributed by atoms with Crippen molar-refractivity contribution in [2.24, 2.45) is 5.41 Å². The predicted octanol–water partition coefficient (Wildman–Crippen LogP) is 3.67. The van der Waals surface area contributed by atoms with Crippen LogP contribution in [0.1, 0.15) is 59.8 Å². The van der Waals surface area contributed by atoms with Crippen molar-refractivity contribution in [3.8, 4) is 0 Å². The van der Waals surface area contributed by atoms with E-state index in [1.165, 1.54) is 7.11 Å². The van der Waals surface area contributed by atoms with Crippen LogP contribution < -0.4 is 0 Å². The molecule has 23 heavy (non-hydrogen) atoms. The number of carbonyl (C=O) groups excluding carboxylic acids is 2. The zero-order valence-corrected chi connectivity index (χ0v) is 15.0. The van der Waals surface area contributed by atoms with Crippen molar-refractivity contribution >= 4 is 12.1 Å². The van der Waals surface area contributed by atoms with Gasteiger partial charge >= 0.3 is 12.1 Å². The molecule has 0 radical (unpaired) electrons. The number of allylic oxidation sites excluding steroid dienone is 1. The lowest BCUT2D eigenvalue weighted by Crippen LogP contribution is -2.54. The first-order valence-corrected chi connectivity index (χ1v) is 8.32. The van der Waals surface area contributed by atoms with Crippen molar-refractivity contribution < 1.29 is 19.1 Å². The van der Waals surface area contributed by atoms with Crippen LogP contribution in [0.4, 0.5) is 4.79 Å². The van der Waals surface area contributed by atoms with Gasteiger partial charge in [0.1, 0.15) is 5.60 Å². The normalized spacial score (nSPS) is 30.0. The number of hydrogen-bond donors (Lipinski definition) is 0. The number of piperidine rings is 1. The van der Waals surface area contributed by atoms with Gasteiger partial charge in [-0.25, -0.2) is 4.79 Å². The Morgan fingerprint density at radius 1 is 1.22 bits per heavy atom. The molecule has 5 nitrogen and oxygen atoms in total. The van der Waals surface area contributed by atoms with E-state index in [9.17, 15) is 9.59 Å². The first-order chi connectivity index (χ1) is 10.6. The zero-order valence-electron chi connectivity index (χ0n) is 15.0. The van der Waals surface area contributed by atoms with Crippen LogP contribution in [-0.2, 0) is 14.3 Å². The molecule has 1 unspecified atom stereocenters. The van der Waals surface area contributed by atoms with Crippen molar-refractivity contribution in [1.29, 1.82) is 0 Å². The highest BCUT2D eigenvalue weighted by atomic mass is 16.6. The van der Waals surface area contributed by atoms with E-state index in [0.29, 0.717) is 19.3 Å². The lowest BCUT2D eigenvalue weighted by Gasteiger charge is -2.45. The number of hydrogen-bond acceptors (Lipinski definition) is 4. The Hall–Kier alpha value is -1.52. The molecular weight excluding hydrogens is 294 g/mol. The van der Waals surface area contributed by atoms with Crippen molar-refractivity contribution in [2.45, 2.75) is 77.5 Å². The quantitative estimate of drug-likeness (QED) is 0.587. The summed E-state index contributed by atoms with van der Waals surface area (Å²) < 4.78 is 10.6. The third-order valence-electron chi connectivity index (χ3n) is 4.74. The lowest BCUT2D eigenvalue weighted by molar-refractivity contribution is -0.157. The molecule has 2 saturated heterocycles. The molecule has 2 bridgehead atoms. The minimum Gasteiger partial charge on any atom is -0.469 e. The average Bonchev–Trinajstić information content (AvgIpc) is 2.68. The van der Waals surface area contributed by atoms with E-state index in [-0.39, 0.29) is 24.1 Å². The number of esters is 1. The van der Waals surface area contributed by atoms with Crippen molar-refractivity contribution in [2.75, 3.05) is 7.11 Å². The molecule has 5 heteroatoms. The van der Waals surface area contributed by atoms with Gasteiger partial charge in [0.15, 0.2) is 0 Å². The van der Waals surface area contributed by atoms with Gasteiger partial charge in [-0.15, -0.1) is 6.58 Å². The van der Waals surface area contributed by atoms with Gasteiger partial charge in [-0.05, 0) is 59.8 Å². The number of ether oxygens (including phenoxy) is 2. The van der Waals surface area contributed by atoms with E-state index in [0.717, 1.165) is 18.4 Å².